The van der Waals surface area contributed by atoms with Crippen LogP contribution in [0.3, 0.4) is 0 Å². The van der Waals surface area contributed by atoms with Gasteiger partial charge in [0.15, 0.2) is 0 Å². The molecule has 0 aliphatic carbocycles. The molecule has 2 fully saturated rings. The second kappa shape index (κ2) is 15.3. The van der Waals surface area contributed by atoms with Gasteiger partial charge in [0.2, 0.25) is 0 Å². The molecule has 8 nitrogen and oxygen atoms in total. The molecular formula is C34H48N4O4. The van der Waals surface area contributed by atoms with Crippen molar-refractivity contribution in [1.82, 2.24) is 19.6 Å². The van der Waals surface area contributed by atoms with Crippen LogP contribution in [0.5, 0.6) is 5.75 Å². The molecule has 4 rings (SSSR count). The first-order valence-corrected chi connectivity index (χ1v) is 15.5. The van der Waals surface area contributed by atoms with Crippen molar-refractivity contribution in [3.63, 3.8) is 0 Å². The van der Waals surface area contributed by atoms with Gasteiger partial charge in [-0.3, -0.25) is 24.3 Å². The SMILES string of the molecule is C=CCN1C[C@@H](C)N(C(c2cccc(O)c2)c2cccc(C(=O)N3CCN(CCCCCCC(=O)O)CC3)c2)C[C@H]1C. The Morgan fingerprint density at radius 3 is 2.31 bits per heavy atom. The number of benzene rings is 2. The number of carboxylic acid groups (broad SMARTS) is 1. The summed E-state index contributed by atoms with van der Waals surface area (Å²) in [5.74, 6) is -0.409. The Balaban J connectivity index is 1.43. The molecule has 228 valence electrons. The maximum Gasteiger partial charge on any atom is 0.303 e. The average Bonchev–Trinajstić information content (AvgIpc) is 2.97. The normalized spacial score (nSPS) is 21.2. The molecule has 42 heavy (non-hydrogen) atoms. The number of nitrogens with zero attached hydrogens (tertiary/aromatic N) is 4. The number of aromatic hydroxyl groups is 1. The van der Waals surface area contributed by atoms with Gasteiger partial charge in [-0.25, -0.2) is 0 Å². The molecule has 0 radical (unpaired) electrons. The van der Waals surface area contributed by atoms with Crippen molar-refractivity contribution in [3.8, 4) is 5.75 Å². The first-order valence-electron chi connectivity index (χ1n) is 15.5. The fourth-order valence-electron chi connectivity index (χ4n) is 6.44. The van der Waals surface area contributed by atoms with Crippen LogP contribution < -0.4 is 0 Å². The Hall–Kier alpha value is -3.20. The highest BCUT2D eigenvalue weighted by Crippen LogP contribution is 2.35. The van der Waals surface area contributed by atoms with E-state index in [-0.39, 0.29) is 30.2 Å². The van der Waals surface area contributed by atoms with E-state index in [1.54, 1.807) is 6.07 Å². The predicted octanol–water partition coefficient (Wildman–Crippen LogP) is 4.86. The number of carboxylic acids is 1. The van der Waals surface area contributed by atoms with Gasteiger partial charge in [-0.2, -0.15) is 0 Å². The van der Waals surface area contributed by atoms with E-state index in [9.17, 15) is 14.7 Å². The van der Waals surface area contributed by atoms with Gasteiger partial charge in [0, 0.05) is 69.9 Å². The van der Waals surface area contributed by atoms with E-state index < -0.39 is 5.97 Å². The largest absolute Gasteiger partial charge is 0.508 e. The molecule has 1 unspecified atom stereocenters. The molecule has 1 amide bonds. The average molecular weight is 577 g/mol. The summed E-state index contributed by atoms with van der Waals surface area (Å²) in [6.45, 7) is 15.2. The van der Waals surface area contributed by atoms with Gasteiger partial charge in [0.1, 0.15) is 5.75 Å². The third-order valence-electron chi connectivity index (χ3n) is 8.77. The minimum atomic E-state index is -0.720. The Morgan fingerprint density at radius 2 is 1.62 bits per heavy atom. The zero-order chi connectivity index (χ0) is 30.1. The lowest BCUT2D eigenvalue weighted by atomic mass is 9.92. The third-order valence-corrected chi connectivity index (χ3v) is 8.77. The quantitative estimate of drug-likeness (QED) is 0.260. The summed E-state index contributed by atoms with van der Waals surface area (Å²) >= 11 is 0. The lowest BCUT2D eigenvalue weighted by Crippen LogP contribution is -2.57. The number of unbranched alkanes of at least 4 members (excludes halogenated alkanes) is 3. The number of carbonyl (C=O) groups excluding carboxylic acids is 1. The van der Waals surface area contributed by atoms with E-state index in [1.165, 1.54) is 0 Å². The number of carbonyl (C=O) groups is 2. The number of aliphatic carboxylic acids is 1. The number of amides is 1. The standard InChI is InChI=1S/C34H48N4O4/c1-4-16-37-24-27(3)38(25-26(37)2)33(29-12-10-14-31(39)23-29)28-11-9-13-30(22-28)34(42)36-20-18-35(19-21-36)17-8-6-5-7-15-32(40)41/h4,9-14,22-23,26-27,33,39H,1,5-8,15-21,24-25H2,2-3H3,(H,40,41)/t26-,27-,33?/m1/s1. The molecule has 2 N–H and O–H groups in total. The second-order valence-electron chi connectivity index (χ2n) is 12.0. The van der Waals surface area contributed by atoms with Gasteiger partial charge >= 0.3 is 5.97 Å². The number of phenolic OH excluding ortho intramolecular Hbond substituents is 1. The van der Waals surface area contributed by atoms with Crippen molar-refractivity contribution in [2.75, 3.05) is 52.4 Å². The van der Waals surface area contributed by atoms with Crippen molar-refractivity contribution < 1.29 is 19.8 Å². The predicted molar refractivity (Wildman–Crippen MR) is 167 cm³/mol. The smallest absolute Gasteiger partial charge is 0.303 e. The number of hydrogen-bond acceptors (Lipinski definition) is 6. The molecule has 0 spiro atoms. The van der Waals surface area contributed by atoms with E-state index in [1.807, 2.05) is 41.3 Å². The highest BCUT2D eigenvalue weighted by atomic mass is 16.4. The maximum absolute atomic E-state index is 13.7. The molecule has 2 heterocycles. The van der Waals surface area contributed by atoms with Crippen LogP contribution in [0.4, 0.5) is 0 Å². The molecule has 0 bridgehead atoms. The van der Waals surface area contributed by atoms with Crippen molar-refractivity contribution >= 4 is 11.9 Å². The molecule has 8 heteroatoms. The first kappa shape index (κ1) is 31.7. The molecule has 2 aliphatic rings. The Bertz CT molecular complexity index is 1200. The zero-order valence-electron chi connectivity index (χ0n) is 25.3. The van der Waals surface area contributed by atoms with E-state index in [0.29, 0.717) is 24.7 Å². The number of phenols is 1. The van der Waals surface area contributed by atoms with Crippen LogP contribution >= 0.6 is 0 Å². The summed E-state index contributed by atoms with van der Waals surface area (Å²) < 4.78 is 0. The van der Waals surface area contributed by atoms with Crippen LogP contribution in [0.25, 0.3) is 0 Å². The Morgan fingerprint density at radius 1 is 0.929 bits per heavy atom. The van der Waals surface area contributed by atoms with Crippen molar-refractivity contribution in [3.05, 3.63) is 77.9 Å². The Kier molecular flexibility index (Phi) is 11.6. The molecule has 0 saturated carbocycles. The minimum absolute atomic E-state index is 0.0667. The van der Waals surface area contributed by atoms with Gasteiger partial charge in [0.25, 0.3) is 5.91 Å². The van der Waals surface area contributed by atoms with Crippen LogP contribution in [0.2, 0.25) is 0 Å². The van der Waals surface area contributed by atoms with Gasteiger partial charge in [-0.15, -0.1) is 6.58 Å². The van der Waals surface area contributed by atoms with Crippen LogP contribution in [0.1, 0.15) is 73.5 Å². The maximum atomic E-state index is 13.7. The molecule has 3 atom stereocenters. The van der Waals surface area contributed by atoms with Crippen LogP contribution in [-0.2, 0) is 4.79 Å². The highest BCUT2D eigenvalue weighted by Gasteiger charge is 2.35. The fourth-order valence-corrected chi connectivity index (χ4v) is 6.44. The minimum Gasteiger partial charge on any atom is -0.508 e. The van der Waals surface area contributed by atoms with Crippen LogP contribution in [0.15, 0.2) is 61.2 Å². The molecule has 2 saturated heterocycles. The van der Waals surface area contributed by atoms with E-state index in [0.717, 1.165) is 76.1 Å². The lowest BCUT2D eigenvalue weighted by molar-refractivity contribution is -0.137. The van der Waals surface area contributed by atoms with Gasteiger partial charge in [-0.05, 0) is 68.6 Å². The monoisotopic (exact) mass is 576 g/mol. The lowest BCUT2D eigenvalue weighted by Gasteiger charge is -2.47. The Labute approximate surface area is 251 Å². The van der Waals surface area contributed by atoms with Crippen molar-refractivity contribution in [2.24, 2.45) is 0 Å². The molecule has 2 aromatic carbocycles. The van der Waals surface area contributed by atoms with E-state index in [2.05, 4.69) is 47.3 Å². The zero-order valence-corrected chi connectivity index (χ0v) is 25.3. The molecule has 0 aromatic heterocycles. The summed E-state index contributed by atoms with van der Waals surface area (Å²) in [4.78, 5) is 33.6. The molecule has 2 aliphatic heterocycles. The number of piperazine rings is 2. The van der Waals surface area contributed by atoms with Crippen LogP contribution in [0, 0.1) is 0 Å². The third kappa shape index (κ3) is 8.43. The fraction of sp³-hybridized carbons (Fsp3) is 0.529. The number of rotatable bonds is 13. The van der Waals surface area contributed by atoms with Gasteiger partial charge in [-0.1, -0.05) is 43.2 Å². The summed E-state index contributed by atoms with van der Waals surface area (Å²) in [7, 11) is 0. The second-order valence-corrected chi connectivity index (χ2v) is 12.0. The summed E-state index contributed by atoms with van der Waals surface area (Å²) in [5, 5.41) is 19.1. The molecular weight excluding hydrogens is 528 g/mol. The van der Waals surface area contributed by atoms with Crippen molar-refractivity contribution in [2.45, 2.75) is 64.1 Å². The van der Waals surface area contributed by atoms with Crippen LogP contribution in [-0.4, -0.2) is 106 Å². The summed E-state index contributed by atoms with van der Waals surface area (Å²) in [6.07, 6.45) is 6.01. The van der Waals surface area contributed by atoms with E-state index >= 15 is 0 Å². The van der Waals surface area contributed by atoms with Gasteiger partial charge in [0.05, 0.1) is 6.04 Å². The first-order chi connectivity index (χ1) is 20.3. The van der Waals surface area contributed by atoms with E-state index in [4.69, 9.17) is 5.11 Å². The van der Waals surface area contributed by atoms with Gasteiger partial charge < -0.3 is 15.1 Å². The topological polar surface area (TPSA) is 87.6 Å². The van der Waals surface area contributed by atoms with Crippen molar-refractivity contribution in [1.29, 1.82) is 0 Å². The number of hydrogen-bond donors (Lipinski definition) is 2. The highest BCUT2D eigenvalue weighted by molar-refractivity contribution is 5.94. The summed E-state index contributed by atoms with van der Waals surface area (Å²) in [6, 6.07) is 16.1. The molecule has 2 aromatic rings. The summed E-state index contributed by atoms with van der Waals surface area (Å²) in [5.41, 5.74) is 2.78.